The Kier molecular flexibility index (Phi) is 27.7. The Labute approximate surface area is 472 Å². The van der Waals surface area contributed by atoms with Gasteiger partial charge in [-0.05, 0) is 155 Å². The highest BCUT2D eigenvalue weighted by Crippen LogP contribution is 2.31. The molecular formula is C66H94ClF2N3O6. The molecule has 1 amide bonds. The van der Waals surface area contributed by atoms with Crippen LogP contribution in [-0.4, -0.2) is 47.5 Å². The molecule has 430 valence electrons. The van der Waals surface area contributed by atoms with Crippen LogP contribution >= 0.6 is 11.6 Å². The summed E-state index contributed by atoms with van der Waals surface area (Å²) in [5.41, 5.74) is 11.4. The summed E-state index contributed by atoms with van der Waals surface area (Å²) in [4.78, 5) is 17.6. The van der Waals surface area contributed by atoms with E-state index in [4.69, 9.17) is 32.7 Å². The number of benzene rings is 4. The first-order valence-corrected chi connectivity index (χ1v) is 26.4. The number of pyridine rings is 1. The van der Waals surface area contributed by atoms with Crippen LogP contribution in [0.4, 0.5) is 8.78 Å². The van der Waals surface area contributed by atoms with Crippen molar-refractivity contribution in [3.05, 3.63) is 160 Å². The number of allylic oxidation sites excluding steroid dienone is 1. The van der Waals surface area contributed by atoms with Gasteiger partial charge in [-0.25, -0.2) is 13.8 Å². The molecule has 0 saturated carbocycles. The van der Waals surface area contributed by atoms with Crippen molar-refractivity contribution in [2.75, 3.05) is 0 Å². The van der Waals surface area contributed by atoms with Crippen LogP contribution in [0.25, 0.3) is 11.0 Å². The third-order valence-electron chi connectivity index (χ3n) is 10.8. The first kappa shape index (κ1) is 71.7. The Morgan fingerprint density at radius 3 is 1.45 bits per heavy atom. The first-order valence-electron chi connectivity index (χ1n) is 26.0. The van der Waals surface area contributed by atoms with Gasteiger partial charge in [0.05, 0.1) is 5.02 Å². The number of aliphatic hydroxyl groups is 1. The number of carbonyl (C=O) groups is 1. The van der Waals surface area contributed by atoms with Gasteiger partial charge in [0.2, 0.25) is 5.91 Å². The highest BCUT2D eigenvalue weighted by Gasteiger charge is 2.18. The Morgan fingerprint density at radius 2 is 1.08 bits per heavy atom. The minimum Gasteiger partial charge on any atom is -0.508 e. The van der Waals surface area contributed by atoms with Gasteiger partial charge >= 0.3 is 0 Å². The molecule has 2 aromatic heterocycles. The number of carbonyl (C=O) groups excluding carboxylic acids is 1. The molecule has 1 atom stereocenters. The summed E-state index contributed by atoms with van der Waals surface area (Å²) in [6.45, 7) is 44.9. The van der Waals surface area contributed by atoms with E-state index in [1.54, 1.807) is 49.4 Å². The van der Waals surface area contributed by atoms with Gasteiger partial charge in [0, 0.05) is 29.3 Å². The van der Waals surface area contributed by atoms with Crippen LogP contribution in [0, 0.1) is 34.3 Å². The maximum absolute atomic E-state index is 12.8. The van der Waals surface area contributed by atoms with E-state index in [0.717, 1.165) is 34.0 Å². The average Bonchev–Trinajstić information content (AvgIpc) is 3.75. The smallest absolute Gasteiger partial charge is 0.241 e. The van der Waals surface area contributed by atoms with Crippen LogP contribution < -0.4 is 5.73 Å². The maximum Gasteiger partial charge on any atom is 0.241 e. The standard InChI is InChI=1S/C11H14N2.C10H13ClO.2C10H13FO.C10H14O.C8H14O.C7H13NO/c1-11(2,3)9-6-8-4-5-12-10(8)13-7-9;1-10(2,3)7-4-5-8(11)9(12)6-7;1-10(2,3)7-4-8(11)6-9(12)5-7;1-10(2,3)7-4-5-8(11)9(12)6-7;1-10(2,3)8-5-4-6-9(11)7-8;1-7(9)5-6-8(2,3)4;1-7(2,3)5-4-6(8)9/h4-7H,1-3H3,(H,12,13);3*4-6,12H,1-3H3;4-7,11H,1-3H3;7,9H,1-4H3;4-5H,1-3H3,(H2,8,9)/b;;;;;;5-4+/t;;;;;7-;/m.....1./s1. The zero-order valence-corrected chi connectivity index (χ0v) is 51.6. The van der Waals surface area contributed by atoms with E-state index in [1.165, 1.54) is 35.2 Å². The summed E-state index contributed by atoms with van der Waals surface area (Å²) < 4.78 is 25.4. The van der Waals surface area contributed by atoms with E-state index in [1.807, 2.05) is 114 Å². The van der Waals surface area contributed by atoms with Crippen LogP contribution in [0.5, 0.6) is 23.0 Å². The number of aromatic amines is 1. The SMILES string of the molecule is CC(C)(C)/C=C/C(N)=O.CC(C)(C)c1cc(O)cc(F)c1.CC(C)(C)c1ccc(Cl)c(O)c1.CC(C)(C)c1ccc(F)c(O)c1.CC(C)(C)c1cccc(O)c1.CC(C)(C)c1cnc2[nH]ccc2c1.C[C@@H](O)C#CC(C)(C)C. The first-order chi connectivity index (χ1) is 35.1. The van der Waals surface area contributed by atoms with Crippen LogP contribution in [0.15, 0.2) is 116 Å². The van der Waals surface area contributed by atoms with Crippen LogP contribution in [0.1, 0.15) is 180 Å². The predicted molar refractivity (Wildman–Crippen MR) is 324 cm³/mol. The molecule has 6 aromatic rings. The number of hydrogen-bond donors (Lipinski definition) is 7. The van der Waals surface area contributed by atoms with E-state index in [9.17, 15) is 23.8 Å². The quantitative estimate of drug-likeness (QED) is 0.0634. The van der Waals surface area contributed by atoms with Gasteiger partial charge in [-0.1, -0.05) is 178 Å². The van der Waals surface area contributed by atoms with E-state index >= 15 is 0 Å². The third kappa shape index (κ3) is 31.2. The topological polar surface area (TPSA) is 173 Å². The number of nitrogens with one attached hydrogen (secondary N) is 1. The molecule has 8 N–H and O–H groups in total. The normalized spacial score (nSPS) is 12.1. The number of primary amides is 1. The van der Waals surface area contributed by atoms with Crippen molar-refractivity contribution in [2.45, 2.75) is 186 Å². The number of nitrogens with zero attached hydrogens (tertiary/aromatic N) is 1. The van der Waals surface area contributed by atoms with Crippen molar-refractivity contribution in [3.63, 3.8) is 0 Å². The minimum atomic E-state index is -0.567. The Balaban J connectivity index is 0.000000891. The zero-order valence-electron chi connectivity index (χ0n) is 50.8. The molecule has 6 rings (SSSR count). The number of H-pyrrole nitrogens is 1. The van der Waals surface area contributed by atoms with Crippen molar-refractivity contribution in [2.24, 2.45) is 16.6 Å². The van der Waals surface area contributed by atoms with Crippen molar-refractivity contribution in [1.29, 1.82) is 0 Å². The van der Waals surface area contributed by atoms with Crippen molar-refractivity contribution >= 4 is 28.5 Å². The van der Waals surface area contributed by atoms with Crippen molar-refractivity contribution in [3.8, 4) is 34.8 Å². The van der Waals surface area contributed by atoms with Gasteiger partial charge in [0.1, 0.15) is 34.8 Å². The van der Waals surface area contributed by atoms with Gasteiger partial charge < -0.3 is 36.3 Å². The molecule has 0 aliphatic rings. The van der Waals surface area contributed by atoms with E-state index in [0.29, 0.717) is 10.8 Å². The monoisotopic (exact) mass is 1100 g/mol. The van der Waals surface area contributed by atoms with Gasteiger partial charge in [-0.2, -0.15) is 0 Å². The predicted octanol–water partition coefficient (Wildman–Crippen LogP) is 17.0. The maximum atomic E-state index is 12.8. The second-order valence-electron chi connectivity index (χ2n) is 26.3. The summed E-state index contributed by atoms with van der Waals surface area (Å²) in [6, 6.07) is 25.6. The Bertz CT molecular complexity index is 2800. The number of aromatic nitrogens is 2. The molecule has 4 aromatic carbocycles. The number of nitrogens with two attached hydrogens (primary N) is 1. The molecule has 0 aliphatic heterocycles. The molecule has 9 nitrogen and oxygen atoms in total. The van der Waals surface area contributed by atoms with Crippen LogP contribution in [-0.2, 0) is 31.9 Å². The molecule has 0 fully saturated rings. The lowest BCUT2D eigenvalue weighted by Crippen LogP contribution is -2.11. The molecule has 0 bridgehead atoms. The Morgan fingerprint density at radius 1 is 0.603 bits per heavy atom. The van der Waals surface area contributed by atoms with E-state index in [2.05, 4.69) is 96.3 Å². The number of fused-ring (bicyclic) bond motifs is 1. The van der Waals surface area contributed by atoms with Crippen molar-refractivity contribution < 1.29 is 39.1 Å². The number of phenolic OH excluding ortho intramolecular Hbond substituents is 4. The molecule has 0 unspecified atom stereocenters. The summed E-state index contributed by atoms with van der Waals surface area (Å²) in [6.07, 6.45) is 6.54. The number of aromatic hydroxyl groups is 4. The fourth-order valence-corrected chi connectivity index (χ4v) is 6.06. The van der Waals surface area contributed by atoms with Gasteiger partial charge in [-0.3, -0.25) is 4.79 Å². The lowest BCUT2D eigenvalue weighted by Gasteiger charge is -2.19. The zero-order chi connectivity index (χ0) is 61.0. The number of halogens is 3. The molecule has 0 saturated heterocycles. The fourth-order valence-electron chi connectivity index (χ4n) is 5.94. The van der Waals surface area contributed by atoms with Crippen LogP contribution in [0.2, 0.25) is 5.02 Å². The summed E-state index contributed by atoms with van der Waals surface area (Å²) in [5, 5.41) is 47.0. The highest BCUT2D eigenvalue weighted by molar-refractivity contribution is 6.32. The molecule has 0 spiro atoms. The number of amides is 1. The third-order valence-corrected chi connectivity index (χ3v) is 11.1. The molecule has 0 aliphatic carbocycles. The van der Waals surface area contributed by atoms with Gasteiger partial charge in [-0.15, -0.1) is 0 Å². The number of hydrogen-bond acceptors (Lipinski definition) is 7. The Hall–Kier alpha value is -6.35. The number of phenols is 4. The largest absolute Gasteiger partial charge is 0.508 e. The van der Waals surface area contributed by atoms with E-state index < -0.39 is 11.9 Å². The number of aliphatic hydroxyl groups excluding tert-OH is 1. The summed E-state index contributed by atoms with van der Waals surface area (Å²) in [7, 11) is 0. The van der Waals surface area contributed by atoms with Crippen molar-refractivity contribution in [1.82, 2.24) is 9.97 Å². The average molecular weight is 1100 g/mol. The van der Waals surface area contributed by atoms with Crippen LogP contribution in [0.3, 0.4) is 0 Å². The lowest BCUT2D eigenvalue weighted by atomic mass is 9.87. The second-order valence-corrected chi connectivity index (χ2v) is 26.7. The highest BCUT2D eigenvalue weighted by atomic mass is 35.5. The van der Waals surface area contributed by atoms with E-state index in [-0.39, 0.29) is 66.9 Å². The number of rotatable bonds is 1. The summed E-state index contributed by atoms with van der Waals surface area (Å²) >= 11 is 5.68. The molecule has 12 heteroatoms. The second kappa shape index (κ2) is 30.1. The fraction of sp³-hybridized carbons (Fsp3) is 0.455. The lowest BCUT2D eigenvalue weighted by molar-refractivity contribution is -0.113. The molecule has 2 heterocycles. The van der Waals surface area contributed by atoms with Gasteiger partial charge in [0.15, 0.2) is 11.6 Å². The molecule has 78 heavy (non-hydrogen) atoms. The minimum absolute atomic E-state index is 0.0109. The molecule has 0 radical (unpaired) electrons. The summed E-state index contributed by atoms with van der Waals surface area (Å²) in [5.74, 6) is 4.48. The van der Waals surface area contributed by atoms with Gasteiger partial charge in [0.25, 0.3) is 0 Å². The molecular weight excluding hydrogens is 1000 g/mol.